The van der Waals surface area contributed by atoms with Crippen LogP contribution in [0.3, 0.4) is 0 Å². The number of benzene rings is 2. The van der Waals surface area contributed by atoms with Crippen LogP contribution in [0.25, 0.3) is 0 Å². The van der Waals surface area contributed by atoms with Crippen LogP contribution in [0.15, 0.2) is 54.6 Å². The zero-order valence-corrected chi connectivity index (χ0v) is 11.5. The van der Waals surface area contributed by atoms with Crippen molar-refractivity contribution in [2.75, 3.05) is 7.11 Å². The fraction of sp³-hybridized carbons (Fsp3) is 0.176. The number of ether oxygens (including phenoxy) is 1. The maximum Gasteiger partial charge on any atom is 0.337 e. The second-order valence-electron chi connectivity index (χ2n) is 4.76. The highest BCUT2D eigenvalue weighted by molar-refractivity contribution is 5.89. The predicted molar refractivity (Wildman–Crippen MR) is 76.7 cm³/mol. The van der Waals surface area contributed by atoms with Gasteiger partial charge >= 0.3 is 5.97 Å². The Morgan fingerprint density at radius 2 is 1.55 bits per heavy atom. The molecule has 0 spiro atoms. The van der Waals surface area contributed by atoms with E-state index < -0.39 is 5.41 Å². The summed E-state index contributed by atoms with van der Waals surface area (Å²) in [5.41, 5.74) is 1.50. The summed E-state index contributed by atoms with van der Waals surface area (Å²) in [6.07, 6.45) is 0.926. The Balaban J connectivity index is 2.42. The molecule has 0 heterocycles. The molecule has 0 aliphatic heterocycles. The van der Waals surface area contributed by atoms with Crippen molar-refractivity contribution >= 4 is 12.3 Å². The first kappa shape index (κ1) is 14.0. The summed E-state index contributed by atoms with van der Waals surface area (Å²) < 4.78 is 4.66. The lowest BCUT2D eigenvalue weighted by atomic mass is 9.77. The number of rotatable bonds is 4. The minimum absolute atomic E-state index is 0.385. The molecule has 0 bridgehead atoms. The molecule has 2 aromatic carbocycles. The van der Waals surface area contributed by atoms with Gasteiger partial charge in [-0.2, -0.15) is 0 Å². The Kier molecular flexibility index (Phi) is 3.99. The summed E-state index contributed by atoms with van der Waals surface area (Å²) in [4.78, 5) is 23.0. The Bertz CT molecular complexity index is 602. The molecule has 0 unspecified atom stereocenters. The quantitative estimate of drug-likeness (QED) is 0.632. The Morgan fingerprint density at radius 1 is 1.00 bits per heavy atom. The van der Waals surface area contributed by atoms with Gasteiger partial charge in [0.05, 0.1) is 18.1 Å². The summed E-state index contributed by atoms with van der Waals surface area (Å²) in [6.45, 7) is 1.86. The molecule has 0 aromatic heterocycles. The standard InChI is InChI=1S/C17H16O3/c1-17(12-18,14-6-4-3-5-7-14)15-10-8-13(9-11-15)16(19)20-2/h3-12H,1-2H3/t17-/m1/s1. The van der Waals surface area contributed by atoms with E-state index in [1.165, 1.54) is 7.11 Å². The van der Waals surface area contributed by atoms with Crippen molar-refractivity contribution in [2.45, 2.75) is 12.3 Å². The Labute approximate surface area is 118 Å². The number of carbonyl (C=O) groups is 2. The Morgan fingerprint density at radius 3 is 2.05 bits per heavy atom. The fourth-order valence-electron chi connectivity index (χ4n) is 2.16. The molecule has 0 saturated carbocycles. The average Bonchev–Trinajstić information content (AvgIpc) is 2.54. The van der Waals surface area contributed by atoms with Gasteiger partial charge in [-0.25, -0.2) is 4.79 Å². The van der Waals surface area contributed by atoms with Gasteiger partial charge in [-0.05, 0) is 30.2 Å². The van der Waals surface area contributed by atoms with Gasteiger partial charge in [0, 0.05) is 0 Å². The monoisotopic (exact) mass is 268 g/mol. The first-order valence-electron chi connectivity index (χ1n) is 6.32. The van der Waals surface area contributed by atoms with Gasteiger partial charge in [-0.3, -0.25) is 0 Å². The van der Waals surface area contributed by atoms with Crippen LogP contribution in [-0.4, -0.2) is 19.4 Å². The lowest BCUT2D eigenvalue weighted by molar-refractivity contribution is -0.110. The minimum Gasteiger partial charge on any atom is -0.465 e. The maximum atomic E-state index is 11.6. The van der Waals surface area contributed by atoms with Crippen LogP contribution in [0.5, 0.6) is 0 Å². The summed E-state index contributed by atoms with van der Waals surface area (Å²) in [5.74, 6) is -0.385. The number of hydrogen-bond acceptors (Lipinski definition) is 3. The van der Waals surface area contributed by atoms with Crippen molar-refractivity contribution in [1.29, 1.82) is 0 Å². The summed E-state index contributed by atoms with van der Waals surface area (Å²) in [5, 5.41) is 0. The van der Waals surface area contributed by atoms with Crippen LogP contribution in [0, 0.1) is 0 Å². The van der Waals surface area contributed by atoms with E-state index in [-0.39, 0.29) is 5.97 Å². The van der Waals surface area contributed by atoms with Crippen LogP contribution in [0.4, 0.5) is 0 Å². The van der Waals surface area contributed by atoms with E-state index in [0.29, 0.717) is 5.56 Å². The van der Waals surface area contributed by atoms with Gasteiger partial charge in [-0.1, -0.05) is 42.5 Å². The summed E-state index contributed by atoms with van der Waals surface area (Å²) in [7, 11) is 1.34. The molecule has 0 radical (unpaired) electrons. The van der Waals surface area contributed by atoms with Gasteiger partial charge in [0.25, 0.3) is 0 Å². The largest absolute Gasteiger partial charge is 0.465 e. The summed E-state index contributed by atoms with van der Waals surface area (Å²) >= 11 is 0. The zero-order valence-electron chi connectivity index (χ0n) is 11.5. The van der Waals surface area contributed by atoms with Gasteiger partial charge < -0.3 is 9.53 Å². The van der Waals surface area contributed by atoms with Crippen molar-refractivity contribution in [3.8, 4) is 0 Å². The number of hydrogen-bond donors (Lipinski definition) is 0. The van der Waals surface area contributed by atoms with Crippen LogP contribution >= 0.6 is 0 Å². The second kappa shape index (κ2) is 5.70. The van der Waals surface area contributed by atoms with Crippen molar-refractivity contribution < 1.29 is 14.3 Å². The van der Waals surface area contributed by atoms with Gasteiger partial charge in [0.2, 0.25) is 0 Å². The highest BCUT2D eigenvalue weighted by Crippen LogP contribution is 2.30. The van der Waals surface area contributed by atoms with E-state index in [1.807, 2.05) is 37.3 Å². The van der Waals surface area contributed by atoms with Crippen molar-refractivity contribution in [3.63, 3.8) is 0 Å². The molecule has 3 heteroatoms. The third kappa shape index (κ3) is 2.48. The molecule has 20 heavy (non-hydrogen) atoms. The molecule has 0 aliphatic carbocycles. The van der Waals surface area contributed by atoms with Crippen LogP contribution < -0.4 is 0 Å². The topological polar surface area (TPSA) is 43.4 Å². The third-order valence-electron chi connectivity index (χ3n) is 3.51. The molecule has 102 valence electrons. The first-order chi connectivity index (χ1) is 9.61. The fourth-order valence-corrected chi connectivity index (χ4v) is 2.16. The molecule has 3 nitrogen and oxygen atoms in total. The SMILES string of the molecule is COC(=O)c1ccc([C@](C)(C=O)c2ccccc2)cc1. The van der Waals surface area contributed by atoms with Crippen molar-refractivity contribution in [3.05, 3.63) is 71.3 Å². The molecule has 0 fully saturated rings. The maximum absolute atomic E-state index is 11.6. The molecule has 1 atom stereocenters. The number of esters is 1. The van der Waals surface area contributed by atoms with Gasteiger partial charge in [-0.15, -0.1) is 0 Å². The van der Waals surface area contributed by atoms with Gasteiger partial charge in [0.15, 0.2) is 0 Å². The van der Waals surface area contributed by atoms with Crippen molar-refractivity contribution in [2.24, 2.45) is 0 Å². The molecule has 0 N–H and O–H groups in total. The van der Waals surface area contributed by atoms with E-state index >= 15 is 0 Å². The van der Waals surface area contributed by atoms with E-state index in [4.69, 9.17) is 0 Å². The molecular formula is C17H16O3. The number of methoxy groups -OCH3 is 1. The summed E-state index contributed by atoms with van der Waals surface area (Å²) in [6, 6.07) is 16.5. The second-order valence-corrected chi connectivity index (χ2v) is 4.76. The van der Waals surface area contributed by atoms with E-state index in [0.717, 1.165) is 17.4 Å². The van der Waals surface area contributed by atoms with E-state index in [2.05, 4.69) is 4.74 Å². The van der Waals surface area contributed by atoms with E-state index in [1.54, 1.807) is 24.3 Å². The molecular weight excluding hydrogens is 252 g/mol. The highest BCUT2D eigenvalue weighted by atomic mass is 16.5. The van der Waals surface area contributed by atoms with Crippen molar-refractivity contribution in [1.82, 2.24) is 0 Å². The number of carbonyl (C=O) groups excluding carboxylic acids is 2. The molecule has 0 saturated heterocycles. The molecule has 0 amide bonds. The van der Waals surface area contributed by atoms with E-state index in [9.17, 15) is 9.59 Å². The average molecular weight is 268 g/mol. The zero-order chi connectivity index (χ0) is 14.6. The van der Waals surface area contributed by atoms with Crippen LogP contribution in [0.2, 0.25) is 0 Å². The lowest BCUT2D eigenvalue weighted by Gasteiger charge is -2.24. The Hall–Kier alpha value is -2.42. The lowest BCUT2D eigenvalue weighted by Crippen LogP contribution is -2.25. The molecule has 2 aromatic rings. The normalized spacial score (nSPS) is 13.3. The van der Waals surface area contributed by atoms with Crippen LogP contribution in [0.1, 0.15) is 28.4 Å². The molecule has 2 rings (SSSR count). The minimum atomic E-state index is -0.726. The predicted octanol–water partition coefficient (Wildman–Crippen LogP) is 2.98. The van der Waals surface area contributed by atoms with Crippen LogP contribution in [-0.2, 0) is 14.9 Å². The van der Waals surface area contributed by atoms with Gasteiger partial charge in [0.1, 0.15) is 6.29 Å². The smallest absolute Gasteiger partial charge is 0.337 e. The first-order valence-corrected chi connectivity index (χ1v) is 6.32. The highest BCUT2D eigenvalue weighted by Gasteiger charge is 2.28. The third-order valence-corrected chi connectivity index (χ3v) is 3.51. The molecule has 0 aliphatic rings. The number of aldehydes is 1.